The van der Waals surface area contributed by atoms with Crippen molar-refractivity contribution in [2.75, 3.05) is 13.1 Å². The minimum Gasteiger partial charge on any atom is -0.345 e. The SMILES string of the molecule is Cc1ncc(CN2CCCCCC2)c(-c2ncc[nH]2)c1C. The molecule has 0 spiro atoms. The summed E-state index contributed by atoms with van der Waals surface area (Å²) < 4.78 is 0. The molecule has 0 saturated carbocycles. The monoisotopic (exact) mass is 284 g/mol. The van der Waals surface area contributed by atoms with Gasteiger partial charge < -0.3 is 4.98 Å². The van der Waals surface area contributed by atoms with Gasteiger partial charge in [0, 0.05) is 36.4 Å². The summed E-state index contributed by atoms with van der Waals surface area (Å²) in [4.78, 5) is 14.8. The number of nitrogens with zero attached hydrogens (tertiary/aromatic N) is 3. The van der Waals surface area contributed by atoms with E-state index in [1.54, 1.807) is 0 Å². The second kappa shape index (κ2) is 6.39. The molecule has 4 nitrogen and oxygen atoms in total. The second-order valence-corrected chi connectivity index (χ2v) is 6.00. The number of aromatic amines is 1. The van der Waals surface area contributed by atoms with Gasteiger partial charge in [0.25, 0.3) is 0 Å². The maximum atomic E-state index is 4.57. The molecule has 112 valence electrons. The van der Waals surface area contributed by atoms with Crippen molar-refractivity contribution in [1.29, 1.82) is 0 Å². The van der Waals surface area contributed by atoms with E-state index in [1.165, 1.54) is 55.5 Å². The Labute approximate surface area is 126 Å². The smallest absolute Gasteiger partial charge is 0.137 e. The standard InChI is InChI=1S/C17H24N4/c1-13-14(2)20-11-15(16(13)17-18-7-8-19-17)12-21-9-5-3-4-6-10-21/h7-8,11H,3-6,9-10,12H2,1-2H3,(H,18,19). The van der Waals surface area contributed by atoms with Crippen molar-refractivity contribution in [3.63, 3.8) is 0 Å². The molecule has 1 fully saturated rings. The van der Waals surface area contributed by atoms with Crippen LogP contribution < -0.4 is 0 Å². The highest BCUT2D eigenvalue weighted by atomic mass is 15.1. The number of hydrogen-bond acceptors (Lipinski definition) is 3. The zero-order valence-electron chi connectivity index (χ0n) is 13.0. The lowest BCUT2D eigenvalue weighted by molar-refractivity contribution is 0.277. The molecule has 1 aliphatic heterocycles. The number of imidazole rings is 1. The number of aryl methyl sites for hydroxylation is 1. The van der Waals surface area contributed by atoms with Gasteiger partial charge in [-0.05, 0) is 50.9 Å². The molecule has 2 aromatic heterocycles. The predicted molar refractivity (Wildman–Crippen MR) is 85.0 cm³/mol. The summed E-state index contributed by atoms with van der Waals surface area (Å²) in [5.41, 5.74) is 4.84. The molecule has 1 aliphatic rings. The van der Waals surface area contributed by atoms with Crippen LogP contribution in [0.25, 0.3) is 11.4 Å². The van der Waals surface area contributed by atoms with Crippen molar-refractivity contribution >= 4 is 0 Å². The number of aromatic nitrogens is 3. The lowest BCUT2D eigenvalue weighted by atomic mass is 10.0. The van der Waals surface area contributed by atoms with Gasteiger partial charge in [-0.25, -0.2) is 4.98 Å². The Hall–Kier alpha value is -1.68. The van der Waals surface area contributed by atoms with Crippen molar-refractivity contribution in [3.8, 4) is 11.4 Å². The lowest BCUT2D eigenvalue weighted by Crippen LogP contribution is -2.24. The zero-order valence-corrected chi connectivity index (χ0v) is 13.0. The van der Waals surface area contributed by atoms with Gasteiger partial charge in [0.2, 0.25) is 0 Å². The Balaban J connectivity index is 1.92. The summed E-state index contributed by atoms with van der Waals surface area (Å²) in [5, 5.41) is 0. The van der Waals surface area contributed by atoms with E-state index >= 15 is 0 Å². The highest BCUT2D eigenvalue weighted by Crippen LogP contribution is 2.27. The van der Waals surface area contributed by atoms with Crippen LogP contribution in [0, 0.1) is 13.8 Å². The Morgan fingerprint density at radius 1 is 1.10 bits per heavy atom. The molecule has 0 amide bonds. The molecule has 0 radical (unpaired) electrons. The number of rotatable bonds is 3. The van der Waals surface area contributed by atoms with E-state index in [-0.39, 0.29) is 0 Å². The summed E-state index contributed by atoms with van der Waals surface area (Å²) in [6.45, 7) is 7.59. The first kappa shape index (κ1) is 14.3. The normalized spacial score (nSPS) is 16.9. The van der Waals surface area contributed by atoms with Crippen LogP contribution >= 0.6 is 0 Å². The molecule has 0 aromatic carbocycles. The van der Waals surface area contributed by atoms with Gasteiger partial charge in [0.15, 0.2) is 0 Å². The van der Waals surface area contributed by atoms with E-state index in [0.29, 0.717) is 0 Å². The Kier molecular flexibility index (Phi) is 4.34. The molecule has 3 rings (SSSR count). The highest BCUT2D eigenvalue weighted by molar-refractivity contribution is 5.65. The van der Waals surface area contributed by atoms with Crippen LogP contribution in [-0.4, -0.2) is 32.9 Å². The average molecular weight is 284 g/mol. The van der Waals surface area contributed by atoms with Crippen LogP contribution in [-0.2, 0) is 6.54 Å². The van der Waals surface area contributed by atoms with Gasteiger partial charge in [0.1, 0.15) is 5.82 Å². The van der Waals surface area contributed by atoms with Crippen molar-refractivity contribution in [2.24, 2.45) is 0 Å². The molecule has 0 aliphatic carbocycles. The Bertz CT molecular complexity index is 581. The lowest BCUT2D eigenvalue weighted by Gasteiger charge is -2.22. The van der Waals surface area contributed by atoms with E-state index in [4.69, 9.17) is 0 Å². The fourth-order valence-electron chi connectivity index (χ4n) is 3.14. The molecule has 0 atom stereocenters. The van der Waals surface area contributed by atoms with Crippen molar-refractivity contribution in [2.45, 2.75) is 46.1 Å². The van der Waals surface area contributed by atoms with E-state index in [9.17, 15) is 0 Å². The molecule has 0 bridgehead atoms. The van der Waals surface area contributed by atoms with Crippen LogP contribution in [0.4, 0.5) is 0 Å². The number of likely N-dealkylation sites (tertiary alicyclic amines) is 1. The minimum absolute atomic E-state index is 0.961. The quantitative estimate of drug-likeness (QED) is 0.938. The molecule has 3 heterocycles. The first-order chi connectivity index (χ1) is 10.3. The Morgan fingerprint density at radius 2 is 1.86 bits per heavy atom. The summed E-state index contributed by atoms with van der Waals surface area (Å²) >= 11 is 0. The van der Waals surface area contributed by atoms with Crippen LogP contribution in [0.5, 0.6) is 0 Å². The third kappa shape index (κ3) is 3.16. The Morgan fingerprint density at radius 3 is 2.52 bits per heavy atom. The number of pyridine rings is 1. The number of H-pyrrole nitrogens is 1. The number of nitrogens with one attached hydrogen (secondary N) is 1. The fraction of sp³-hybridized carbons (Fsp3) is 0.529. The van der Waals surface area contributed by atoms with Crippen LogP contribution in [0.3, 0.4) is 0 Å². The van der Waals surface area contributed by atoms with Gasteiger partial charge in [-0.15, -0.1) is 0 Å². The summed E-state index contributed by atoms with van der Waals surface area (Å²) in [5.74, 6) is 0.961. The van der Waals surface area contributed by atoms with Crippen molar-refractivity contribution in [3.05, 3.63) is 35.4 Å². The average Bonchev–Trinajstić information content (AvgIpc) is 2.88. The van der Waals surface area contributed by atoms with Gasteiger partial charge in [-0.1, -0.05) is 12.8 Å². The van der Waals surface area contributed by atoms with Crippen LogP contribution in [0.2, 0.25) is 0 Å². The van der Waals surface area contributed by atoms with E-state index in [1.807, 2.05) is 18.6 Å². The van der Waals surface area contributed by atoms with E-state index in [2.05, 4.69) is 33.7 Å². The largest absolute Gasteiger partial charge is 0.345 e. The molecule has 0 unspecified atom stereocenters. The molecule has 4 heteroatoms. The summed E-state index contributed by atoms with van der Waals surface area (Å²) in [6.07, 6.45) is 11.1. The maximum Gasteiger partial charge on any atom is 0.137 e. The van der Waals surface area contributed by atoms with Gasteiger partial charge in [0.05, 0.1) is 0 Å². The third-order valence-corrected chi connectivity index (χ3v) is 4.48. The first-order valence-corrected chi connectivity index (χ1v) is 7.93. The zero-order chi connectivity index (χ0) is 14.7. The topological polar surface area (TPSA) is 44.8 Å². The summed E-state index contributed by atoms with van der Waals surface area (Å²) in [6, 6.07) is 0. The predicted octanol–water partition coefficient (Wildman–Crippen LogP) is 3.46. The van der Waals surface area contributed by atoms with Crippen molar-refractivity contribution in [1.82, 2.24) is 19.9 Å². The fourth-order valence-corrected chi connectivity index (χ4v) is 3.14. The molecule has 2 aromatic rings. The van der Waals surface area contributed by atoms with Crippen LogP contribution in [0.15, 0.2) is 18.6 Å². The van der Waals surface area contributed by atoms with Gasteiger partial charge >= 0.3 is 0 Å². The van der Waals surface area contributed by atoms with Crippen LogP contribution in [0.1, 0.15) is 42.5 Å². The molecular weight excluding hydrogens is 260 g/mol. The number of hydrogen-bond donors (Lipinski definition) is 1. The highest BCUT2D eigenvalue weighted by Gasteiger charge is 2.17. The molecular formula is C17H24N4. The maximum absolute atomic E-state index is 4.57. The van der Waals surface area contributed by atoms with Gasteiger partial charge in [-0.3, -0.25) is 9.88 Å². The van der Waals surface area contributed by atoms with E-state index < -0.39 is 0 Å². The minimum atomic E-state index is 0.961. The first-order valence-electron chi connectivity index (χ1n) is 7.93. The van der Waals surface area contributed by atoms with Gasteiger partial charge in [-0.2, -0.15) is 0 Å². The van der Waals surface area contributed by atoms with Crippen molar-refractivity contribution < 1.29 is 0 Å². The summed E-state index contributed by atoms with van der Waals surface area (Å²) in [7, 11) is 0. The molecule has 21 heavy (non-hydrogen) atoms. The third-order valence-electron chi connectivity index (χ3n) is 4.48. The van der Waals surface area contributed by atoms with E-state index in [0.717, 1.165) is 18.1 Å². The molecule has 1 N–H and O–H groups in total. The second-order valence-electron chi connectivity index (χ2n) is 6.00. The molecule has 1 saturated heterocycles.